The van der Waals surface area contributed by atoms with Gasteiger partial charge >= 0.3 is 0 Å². The minimum atomic E-state index is -0.521. The highest BCUT2D eigenvalue weighted by molar-refractivity contribution is 7.17. The summed E-state index contributed by atoms with van der Waals surface area (Å²) in [6, 6.07) is 4.65. The lowest BCUT2D eigenvalue weighted by molar-refractivity contribution is 0.100. The average molecular weight is 355 g/mol. The van der Waals surface area contributed by atoms with E-state index in [2.05, 4.69) is 5.32 Å². The Bertz CT molecular complexity index is 786. The Kier molecular flexibility index (Phi) is 4.12. The maximum atomic E-state index is 12.4. The molecule has 0 saturated carbocycles. The molecule has 0 spiro atoms. The summed E-state index contributed by atoms with van der Waals surface area (Å²) in [7, 11) is 0. The van der Waals surface area contributed by atoms with Crippen LogP contribution in [0.4, 0.5) is 5.00 Å². The summed E-state index contributed by atoms with van der Waals surface area (Å²) >= 11 is 13.3. The number of amides is 2. The molecule has 4 nitrogen and oxygen atoms in total. The van der Waals surface area contributed by atoms with Crippen molar-refractivity contribution in [3.8, 4) is 0 Å². The first-order valence-corrected chi connectivity index (χ1v) is 8.25. The first kappa shape index (κ1) is 15.3. The number of fused-ring (bicyclic) bond motifs is 1. The molecule has 0 radical (unpaired) electrons. The van der Waals surface area contributed by atoms with Gasteiger partial charge in [0.1, 0.15) is 5.00 Å². The monoisotopic (exact) mass is 354 g/mol. The molecule has 0 aliphatic heterocycles. The van der Waals surface area contributed by atoms with Gasteiger partial charge in [0, 0.05) is 9.90 Å². The number of halogens is 2. The molecule has 2 aromatic rings. The lowest BCUT2D eigenvalue weighted by Gasteiger charge is -2.07. The summed E-state index contributed by atoms with van der Waals surface area (Å²) in [5.74, 6) is -0.929. The lowest BCUT2D eigenvalue weighted by atomic mass is 10.1. The van der Waals surface area contributed by atoms with E-state index in [0.717, 1.165) is 29.7 Å². The second kappa shape index (κ2) is 5.91. The van der Waals surface area contributed by atoms with E-state index in [1.165, 1.54) is 17.4 Å². The van der Waals surface area contributed by atoms with Crippen molar-refractivity contribution < 1.29 is 9.59 Å². The molecule has 0 bridgehead atoms. The molecule has 0 fully saturated rings. The number of benzene rings is 1. The molecule has 114 valence electrons. The van der Waals surface area contributed by atoms with Crippen molar-refractivity contribution >= 4 is 51.4 Å². The van der Waals surface area contributed by atoms with Crippen molar-refractivity contribution in [1.29, 1.82) is 0 Å². The zero-order chi connectivity index (χ0) is 15.9. The largest absolute Gasteiger partial charge is 0.365 e. The Morgan fingerprint density at radius 1 is 1.23 bits per heavy atom. The predicted molar refractivity (Wildman–Crippen MR) is 89.3 cm³/mol. The molecular weight excluding hydrogens is 343 g/mol. The predicted octanol–water partition coefficient (Wildman–Crippen LogP) is 3.89. The highest BCUT2D eigenvalue weighted by Crippen LogP contribution is 2.39. The maximum absolute atomic E-state index is 12.4. The number of hydrogen-bond donors (Lipinski definition) is 2. The fourth-order valence-corrected chi connectivity index (χ4v) is 4.26. The van der Waals surface area contributed by atoms with Gasteiger partial charge in [0.2, 0.25) is 0 Å². The van der Waals surface area contributed by atoms with Crippen LogP contribution in [0.3, 0.4) is 0 Å². The molecule has 1 aromatic carbocycles. The second-order valence-corrected chi connectivity index (χ2v) is 6.95. The Balaban J connectivity index is 1.95. The smallest absolute Gasteiger partial charge is 0.257 e. The van der Waals surface area contributed by atoms with Gasteiger partial charge in [-0.25, -0.2) is 0 Å². The summed E-state index contributed by atoms with van der Waals surface area (Å²) in [4.78, 5) is 25.2. The van der Waals surface area contributed by atoms with Crippen LogP contribution in [0.15, 0.2) is 18.2 Å². The minimum Gasteiger partial charge on any atom is -0.365 e. The van der Waals surface area contributed by atoms with E-state index in [1.54, 1.807) is 12.1 Å². The van der Waals surface area contributed by atoms with Crippen LogP contribution in [0.1, 0.15) is 37.6 Å². The van der Waals surface area contributed by atoms with Crippen molar-refractivity contribution in [3.05, 3.63) is 49.8 Å². The SMILES string of the molecule is NC(=O)c1c(NC(=O)c2cc(Cl)ccc2Cl)sc2c1CCC2. The van der Waals surface area contributed by atoms with Crippen LogP contribution in [-0.2, 0) is 12.8 Å². The number of carbonyl (C=O) groups excluding carboxylic acids is 2. The van der Waals surface area contributed by atoms with Crippen molar-refractivity contribution in [3.63, 3.8) is 0 Å². The number of primary amides is 1. The molecule has 3 N–H and O–H groups in total. The summed E-state index contributed by atoms with van der Waals surface area (Å²) in [5, 5.41) is 3.94. The molecule has 3 rings (SSSR count). The molecule has 1 aromatic heterocycles. The third-order valence-corrected chi connectivity index (χ3v) is 5.34. The molecular formula is C15H12Cl2N2O2S. The first-order valence-electron chi connectivity index (χ1n) is 6.68. The van der Waals surface area contributed by atoms with Gasteiger partial charge in [0.25, 0.3) is 11.8 Å². The van der Waals surface area contributed by atoms with Crippen LogP contribution >= 0.6 is 34.5 Å². The van der Waals surface area contributed by atoms with Gasteiger partial charge in [-0.15, -0.1) is 11.3 Å². The Hall–Kier alpha value is -1.56. The average Bonchev–Trinajstić information content (AvgIpc) is 3.01. The summed E-state index contributed by atoms with van der Waals surface area (Å²) in [6.07, 6.45) is 2.74. The lowest BCUT2D eigenvalue weighted by Crippen LogP contribution is -2.18. The van der Waals surface area contributed by atoms with Crippen LogP contribution in [0.5, 0.6) is 0 Å². The standard InChI is InChI=1S/C15H12Cl2N2O2S/c16-7-4-5-10(17)9(6-7)14(21)19-15-12(13(18)20)8-2-1-3-11(8)22-15/h4-6H,1-3H2,(H2,18,20)(H,19,21). The number of thiophene rings is 1. The summed E-state index contributed by atoms with van der Waals surface area (Å²) < 4.78 is 0. The quantitative estimate of drug-likeness (QED) is 0.877. The highest BCUT2D eigenvalue weighted by Gasteiger charge is 2.26. The zero-order valence-corrected chi connectivity index (χ0v) is 13.7. The van der Waals surface area contributed by atoms with E-state index in [-0.39, 0.29) is 5.56 Å². The third-order valence-electron chi connectivity index (χ3n) is 3.57. The van der Waals surface area contributed by atoms with Crippen molar-refractivity contribution in [2.24, 2.45) is 5.73 Å². The van der Waals surface area contributed by atoms with Gasteiger partial charge in [-0.1, -0.05) is 23.2 Å². The van der Waals surface area contributed by atoms with E-state index in [0.29, 0.717) is 20.6 Å². The van der Waals surface area contributed by atoms with Gasteiger partial charge in [-0.2, -0.15) is 0 Å². The Labute approximate surface area is 141 Å². The summed E-state index contributed by atoms with van der Waals surface area (Å²) in [6.45, 7) is 0. The Morgan fingerprint density at radius 2 is 2.00 bits per heavy atom. The van der Waals surface area contributed by atoms with Crippen LogP contribution < -0.4 is 11.1 Å². The number of rotatable bonds is 3. The van der Waals surface area contributed by atoms with Gasteiger partial charge < -0.3 is 11.1 Å². The van der Waals surface area contributed by atoms with E-state index in [4.69, 9.17) is 28.9 Å². The number of nitrogens with one attached hydrogen (secondary N) is 1. The molecule has 0 atom stereocenters. The van der Waals surface area contributed by atoms with Gasteiger partial charge in [0.15, 0.2) is 0 Å². The number of anilines is 1. The number of hydrogen-bond acceptors (Lipinski definition) is 3. The van der Waals surface area contributed by atoms with Crippen molar-refractivity contribution in [2.45, 2.75) is 19.3 Å². The molecule has 1 aliphatic rings. The zero-order valence-electron chi connectivity index (χ0n) is 11.4. The molecule has 0 saturated heterocycles. The number of nitrogens with two attached hydrogens (primary N) is 1. The molecule has 0 unspecified atom stereocenters. The first-order chi connectivity index (χ1) is 10.5. The fourth-order valence-electron chi connectivity index (χ4n) is 2.59. The van der Waals surface area contributed by atoms with Gasteiger partial charge in [0.05, 0.1) is 16.1 Å². The molecule has 2 amide bonds. The van der Waals surface area contributed by atoms with Crippen LogP contribution in [0.25, 0.3) is 0 Å². The van der Waals surface area contributed by atoms with Crippen molar-refractivity contribution in [1.82, 2.24) is 0 Å². The fraction of sp³-hybridized carbons (Fsp3) is 0.200. The third kappa shape index (κ3) is 2.72. The molecule has 1 heterocycles. The van der Waals surface area contributed by atoms with Gasteiger partial charge in [-0.3, -0.25) is 9.59 Å². The summed E-state index contributed by atoms with van der Waals surface area (Å²) in [5.41, 5.74) is 7.12. The number of carbonyl (C=O) groups is 2. The normalized spacial score (nSPS) is 13.0. The van der Waals surface area contributed by atoms with Crippen LogP contribution in [-0.4, -0.2) is 11.8 Å². The molecule has 7 heteroatoms. The highest BCUT2D eigenvalue weighted by atomic mass is 35.5. The van der Waals surface area contributed by atoms with E-state index < -0.39 is 11.8 Å². The maximum Gasteiger partial charge on any atom is 0.257 e. The second-order valence-electron chi connectivity index (χ2n) is 5.00. The van der Waals surface area contributed by atoms with Crippen LogP contribution in [0.2, 0.25) is 10.0 Å². The van der Waals surface area contributed by atoms with Crippen molar-refractivity contribution in [2.75, 3.05) is 5.32 Å². The topological polar surface area (TPSA) is 72.2 Å². The van der Waals surface area contributed by atoms with Crippen LogP contribution in [0, 0.1) is 0 Å². The number of aryl methyl sites for hydroxylation is 1. The van der Waals surface area contributed by atoms with E-state index in [9.17, 15) is 9.59 Å². The van der Waals surface area contributed by atoms with E-state index >= 15 is 0 Å². The molecule has 1 aliphatic carbocycles. The minimum absolute atomic E-state index is 0.262. The molecule has 22 heavy (non-hydrogen) atoms. The van der Waals surface area contributed by atoms with Gasteiger partial charge in [-0.05, 0) is 43.0 Å². The van der Waals surface area contributed by atoms with E-state index in [1.807, 2.05) is 0 Å². The Morgan fingerprint density at radius 3 is 2.73 bits per heavy atom.